The van der Waals surface area contributed by atoms with Gasteiger partial charge < -0.3 is 15.7 Å². The lowest BCUT2D eigenvalue weighted by molar-refractivity contribution is -0.116. The summed E-state index contributed by atoms with van der Waals surface area (Å²) in [5, 5.41) is 14.0. The summed E-state index contributed by atoms with van der Waals surface area (Å²) in [5.41, 5.74) is 1.02. The second-order valence-electron chi connectivity index (χ2n) is 6.53. The maximum Gasteiger partial charge on any atom is 0.335 e. The zero-order valence-electron chi connectivity index (χ0n) is 15.1. The minimum absolute atomic E-state index is 0.0291. The molecule has 2 aromatic carbocycles. The van der Waals surface area contributed by atoms with Crippen LogP contribution in [-0.2, 0) is 11.3 Å². The second-order valence-corrected chi connectivity index (χ2v) is 6.53. The smallest absolute Gasteiger partial charge is 0.335 e. The number of anilines is 1. The van der Waals surface area contributed by atoms with Gasteiger partial charge in [0.25, 0.3) is 5.91 Å². The van der Waals surface area contributed by atoms with Crippen LogP contribution in [0.3, 0.4) is 0 Å². The van der Waals surface area contributed by atoms with Crippen molar-refractivity contribution in [3.63, 3.8) is 0 Å². The average molecular weight is 372 g/mol. The number of hydrogen-bond acceptors (Lipinski definition) is 3. The van der Waals surface area contributed by atoms with Gasteiger partial charge in [-0.15, -0.1) is 0 Å². The molecular weight excluding hydrogens is 351 g/mol. The molecule has 27 heavy (non-hydrogen) atoms. The van der Waals surface area contributed by atoms with Crippen LogP contribution in [-0.4, -0.2) is 22.9 Å². The van der Waals surface area contributed by atoms with Crippen LogP contribution >= 0.6 is 0 Å². The first-order valence-electron chi connectivity index (χ1n) is 8.46. The molecule has 2 aromatic rings. The molecule has 0 aliphatic carbocycles. The summed E-state index contributed by atoms with van der Waals surface area (Å²) in [5.74, 6) is -2.32. The number of amides is 2. The molecule has 0 radical (unpaired) electrons. The van der Waals surface area contributed by atoms with E-state index in [-0.39, 0.29) is 41.6 Å². The Balaban J connectivity index is 1.97. The Labute approximate surface area is 156 Å². The van der Waals surface area contributed by atoms with Crippen LogP contribution in [0.1, 0.15) is 46.5 Å². The number of aromatic carboxylic acids is 1. The third-order valence-corrected chi connectivity index (χ3v) is 3.75. The van der Waals surface area contributed by atoms with Crippen LogP contribution in [0.15, 0.2) is 42.5 Å². The van der Waals surface area contributed by atoms with Crippen molar-refractivity contribution in [2.24, 2.45) is 5.92 Å². The molecule has 2 rings (SSSR count). The maximum atomic E-state index is 14.1. The van der Waals surface area contributed by atoms with Gasteiger partial charge >= 0.3 is 5.97 Å². The number of carboxylic acids is 1. The lowest BCUT2D eigenvalue weighted by atomic mass is 10.1. The van der Waals surface area contributed by atoms with E-state index >= 15 is 0 Å². The summed E-state index contributed by atoms with van der Waals surface area (Å²) in [6.45, 7) is 3.95. The first kappa shape index (κ1) is 20.1. The third kappa shape index (κ3) is 5.91. The van der Waals surface area contributed by atoms with Crippen LogP contribution in [0, 0.1) is 11.7 Å². The maximum absolute atomic E-state index is 14.1. The molecule has 0 atom stereocenters. The van der Waals surface area contributed by atoms with Crippen LogP contribution < -0.4 is 10.6 Å². The van der Waals surface area contributed by atoms with Gasteiger partial charge in [-0.2, -0.15) is 0 Å². The summed E-state index contributed by atoms with van der Waals surface area (Å²) < 4.78 is 14.1. The molecule has 0 fully saturated rings. The number of hydrogen-bond donors (Lipinski definition) is 3. The molecule has 0 spiro atoms. The van der Waals surface area contributed by atoms with Crippen LogP contribution in [0.25, 0.3) is 0 Å². The Morgan fingerprint density at radius 1 is 1.04 bits per heavy atom. The third-order valence-electron chi connectivity index (χ3n) is 3.75. The number of halogens is 1. The summed E-state index contributed by atoms with van der Waals surface area (Å²) in [7, 11) is 0. The molecular formula is C20H21FN2O4. The van der Waals surface area contributed by atoms with Gasteiger partial charge in [-0.25, -0.2) is 9.18 Å². The van der Waals surface area contributed by atoms with Crippen molar-refractivity contribution in [1.82, 2.24) is 5.32 Å². The summed E-state index contributed by atoms with van der Waals surface area (Å²) >= 11 is 0. The van der Waals surface area contributed by atoms with E-state index in [4.69, 9.17) is 5.11 Å². The van der Waals surface area contributed by atoms with Crippen molar-refractivity contribution in [3.8, 4) is 0 Å². The van der Waals surface area contributed by atoms with Crippen molar-refractivity contribution >= 4 is 23.5 Å². The predicted octanol–water partition coefficient (Wildman–Crippen LogP) is 3.44. The van der Waals surface area contributed by atoms with Gasteiger partial charge in [-0.1, -0.05) is 26.0 Å². The van der Waals surface area contributed by atoms with Gasteiger partial charge in [0.1, 0.15) is 5.82 Å². The molecule has 7 heteroatoms. The average Bonchev–Trinajstić information content (AvgIpc) is 2.61. The molecule has 0 bridgehead atoms. The lowest BCUT2D eigenvalue weighted by Crippen LogP contribution is -2.23. The molecule has 0 heterocycles. The van der Waals surface area contributed by atoms with E-state index in [1.54, 1.807) is 12.1 Å². The Morgan fingerprint density at radius 2 is 1.67 bits per heavy atom. The summed E-state index contributed by atoms with van der Waals surface area (Å²) in [6.07, 6.45) is 0.280. The van der Waals surface area contributed by atoms with Crippen molar-refractivity contribution < 1.29 is 23.9 Å². The Hall–Kier alpha value is -3.22. The van der Waals surface area contributed by atoms with Gasteiger partial charge in [0.05, 0.1) is 11.3 Å². The predicted molar refractivity (Wildman–Crippen MR) is 99.1 cm³/mol. The minimum atomic E-state index is -1.03. The van der Waals surface area contributed by atoms with Gasteiger partial charge in [-0.05, 0) is 41.8 Å². The SMILES string of the molecule is CC(C)CC(=O)Nc1ccc(C(=O)NCc2ccc(C(=O)O)cc2)cc1F. The molecule has 0 aliphatic heterocycles. The van der Waals surface area contributed by atoms with Crippen molar-refractivity contribution in [3.05, 3.63) is 65.0 Å². The van der Waals surface area contributed by atoms with Crippen LogP contribution in [0.4, 0.5) is 10.1 Å². The Bertz CT molecular complexity index is 848. The highest BCUT2D eigenvalue weighted by Crippen LogP contribution is 2.17. The number of benzene rings is 2. The van der Waals surface area contributed by atoms with E-state index in [1.807, 2.05) is 13.8 Å². The molecule has 0 saturated heterocycles. The fourth-order valence-electron chi connectivity index (χ4n) is 2.38. The monoisotopic (exact) mass is 372 g/mol. The molecule has 0 aliphatic rings. The molecule has 142 valence electrons. The van der Waals surface area contributed by atoms with E-state index in [2.05, 4.69) is 10.6 Å². The minimum Gasteiger partial charge on any atom is -0.478 e. The van der Waals surface area contributed by atoms with Gasteiger partial charge in [0, 0.05) is 18.5 Å². The highest BCUT2D eigenvalue weighted by Gasteiger charge is 2.12. The van der Waals surface area contributed by atoms with Crippen molar-refractivity contribution in [2.45, 2.75) is 26.8 Å². The van der Waals surface area contributed by atoms with E-state index < -0.39 is 17.7 Å². The standard InChI is InChI=1S/C20H21FN2O4/c1-12(2)9-18(24)23-17-8-7-15(10-16(17)21)19(25)22-11-13-3-5-14(6-4-13)20(26)27/h3-8,10,12H,9,11H2,1-2H3,(H,22,25)(H,23,24)(H,26,27). The molecule has 3 N–H and O–H groups in total. The van der Waals surface area contributed by atoms with Gasteiger partial charge in [0.2, 0.25) is 5.91 Å². The summed E-state index contributed by atoms with van der Waals surface area (Å²) in [6, 6.07) is 9.92. The number of carbonyl (C=O) groups excluding carboxylic acids is 2. The summed E-state index contributed by atoms with van der Waals surface area (Å²) in [4.78, 5) is 34.7. The number of rotatable bonds is 7. The number of carbonyl (C=O) groups is 3. The first-order valence-corrected chi connectivity index (χ1v) is 8.46. The van der Waals surface area contributed by atoms with Gasteiger partial charge in [0.15, 0.2) is 0 Å². The van der Waals surface area contributed by atoms with Crippen LogP contribution in [0.5, 0.6) is 0 Å². The second kappa shape index (κ2) is 8.93. The zero-order valence-corrected chi connectivity index (χ0v) is 15.1. The van der Waals surface area contributed by atoms with E-state index in [0.717, 1.165) is 6.07 Å². The zero-order chi connectivity index (χ0) is 20.0. The highest BCUT2D eigenvalue weighted by atomic mass is 19.1. The van der Waals surface area contributed by atoms with Gasteiger partial charge in [-0.3, -0.25) is 9.59 Å². The topological polar surface area (TPSA) is 95.5 Å². The van der Waals surface area contributed by atoms with Crippen LogP contribution in [0.2, 0.25) is 0 Å². The normalized spacial score (nSPS) is 10.5. The first-order chi connectivity index (χ1) is 12.8. The van der Waals surface area contributed by atoms with E-state index in [9.17, 15) is 18.8 Å². The fraction of sp³-hybridized carbons (Fsp3) is 0.250. The Kier molecular flexibility index (Phi) is 6.65. The molecule has 0 aromatic heterocycles. The number of carboxylic acid groups (broad SMARTS) is 1. The largest absolute Gasteiger partial charge is 0.478 e. The molecule has 6 nitrogen and oxygen atoms in total. The number of nitrogens with one attached hydrogen (secondary N) is 2. The molecule has 0 saturated carbocycles. The molecule has 2 amide bonds. The van der Waals surface area contributed by atoms with E-state index in [1.165, 1.54) is 24.3 Å². The highest BCUT2D eigenvalue weighted by molar-refractivity contribution is 5.96. The van der Waals surface area contributed by atoms with Crippen molar-refractivity contribution in [2.75, 3.05) is 5.32 Å². The van der Waals surface area contributed by atoms with E-state index in [0.29, 0.717) is 5.56 Å². The lowest BCUT2D eigenvalue weighted by Gasteiger charge is -2.10. The quantitative estimate of drug-likeness (QED) is 0.694. The molecule has 0 unspecified atom stereocenters. The Morgan fingerprint density at radius 3 is 2.22 bits per heavy atom. The fourth-order valence-corrected chi connectivity index (χ4v) is 2.38. The van der Waals surface area contributed by atoms with Crippen molar-refractivity contribution in [1.29, 1.82) is 0 Å².